The predicted octanol–water partition coefficient (Wildman–Crippen LogP) is 2.72. The number of aromatic hydroxyl groups is 1. The summed E-state index contributed by atoms with van der Waals surface area (Å²) in [6, 6.07) is 10.4. The maximum absolute atomic E-state index is 11.9. The van der Waals surface area contributed by atoms with E-state index in [1.807, 2.05) is 0 Å². The minimum atomic E-state index is -3.33. The van der Waals surface area contributed by atoms with Crippen LogP contribution in [0.15, 0.2) is 42.5 Å². The van der Waals surface area contributed by atoms with E-state index >= 15 is 0 Å². The van der Waals surface area contributed by atoms with Crippen molar-refractivity contribution in [2.45, 2.75) is 6.92 Å². The summed E-state index contributed by atoms with van der Waals surface area (Å²) in [6.07, 6.45) is 1.06. The Morgan fingerprint density at radius 2 is 1.61 bits per heavy atom. The standard InChI is InChI=1S/C15H17N3O4S/c1-10-9-13(19)7-8-14(10)17-15(20)16-11-3-5-12(6-4-11)18-23(2,21)22/h3-9,18-19H,1-2H3,(H2,16,17,20). The van der Waals surface area contributed by atoms with Crippen LogP contribution in [0.1, 0.15) is 5.56 Å². The smallest absolute Gasteiger partial charge is 0.323 e. The molecule has 2 aromatic carbocycles. The summed E-state index contributed by atoms with van der Waals surface area (Å²) >= 11 is 0. The van der Waals surface area contributed by atoms with Crippen LogP contribution in [-0.4, -0.2) is 25.8 Å². The largest absolute Gasteiger partial charge is 0.508 e. The molecule has 4 N–H and O–H groups in total. The number of rotatable bonds is 4. The van der Waals surface area contributed by atoms with Crippen molar-refractivity contribution in [2.75, 3.05) is 21.6 Å². The zero-order valence-corrected chi connectivity index (χ0v) is 13.4. The molecule has 0 saturated carbocycles. The lowest BCUT2D eigenvalue weighted by Crippen LogP contribution is -2.20. The average molecular weight is 335 g/mol. The second-order valence-electron chi connectivity index (χ2n) is 5.03. The van der Waals surface area contributed by atoms with Gasteiger partial charge in [0.1, 0.15) is 5.75 Å². The number of hydrogen-bond acceptors (Lipinski definition) is 4. The van der Waals surface area contributed by atoms with E-state index in [1.54, 1.807) is 43.3 Å². The summed E-state index contributed by atoms with van der Waals surface area (Å²) < 4.78 is 24.6. The topological polar surface area (TPSA) is 108 Å². The second-order valence-corrected chi connectivity index (χ2v) is 6.78. The number of phenolic OH excluding ortho intramolecular Hbond substituents is 1. The van der Waals surface area contributed by atoms with Gasteiger partial charge in [-0.25, -0.2) is 13.2 Å². The van der Waals surface area contributed by atoms with Crippen molar-refractivity contribution in [3.63, 3.8) is 0 Å². The molecule has 0 aliphatic carbocycles. The van der Waals surface area contributed by atoms with Gasteiger partial charge < -0.3 is 15.7 Å². The molecule has 2 aromatic rings. The Bertz CT molecular complexity index is 817. The van der Waals surface area contributed by atoms with Crippen molar-refractivity contribution in [3.05, 3.63) is 48.0 Å². The maximum Gasteiger partial charge on any atom is 0.323 e. The number of nitrogens with one attached hydrogen (secondary N) is 3. The Hall–Kier alpha value is -2.74. The van der Waals surface area contributed by atoms with Gasteiger partial charge in [0.15, 0.2) is 0 Å². The van der Waals surface area contributed by atoms with Gasteiger partial charge in [-0.2, -0.15) is 0 Å². The fourth-order valence-electron chi connectivity index (χ4n) is 1.91. The van der Waals surface area contributed by atoms with Crippen molar-refractivity contribution >= 4 is 33.1 Å². The van der Waals surface area contributed by atoms with Crippen LogP contribution in [-0.2, 0) is 10.0 Å². The Kier molecular flexibility index (Phi) is 4.75. The average Bonchev–Trinajstić information content (AvgIpc) is 2.42. The van der Waals surface area contributed by atoms with Crippen LogP contribution in [0.25, 0.3) is 0 Å². The molecule has 0 radical (unpaired) electrons. The zero-order chi connectivity index (χ0) is 17.0. The summed E-state index contributed by atoms with van der Waals surface area (Å²) in [7, 11) is -3.33. The van der Waals surface area contributed by atoms with E-state index in [2.05, 4.69) is 15.4 Å². The molecule has 0 saturated heterocycles. The maximum atomic E-state index is 11.9. The van der Waals surface area contributed by atoms with E-state index in [4.69, 9.17) is 0 Å². The molecule has 8 heteroatoms. The Morgan fingerprint density at radius 1 is 1.00 bits per heavy atom. The highest BCUT2D eigenvalue weighted by Gasteiger charge is 2.06. The molecule has 0 aromatic heterocycles. The van der Waals surface area contributed by atoms with Gasteiger partial charge in [0, 0.05) is 17.1 Å². The fraction of sp³-hybridized carbons (Fsp3) is 0.133. The molecular weight excluding hydrogens is 318 g/mol. The van der Waals surface area contributed by atoms with E-state index in [9.17, 15) is 18.3 Å². The molecule has 7 nitrogen and oxygen atoms in total. The Morgan fingerprint density at radius 3 is 2.17 bits per heavy atom. The minimum Gasteiger partial charge on any atom is -0.508 e. The van der Waals surface area contributed by atoms with Crippen LogP contribution in [0.3, 0.4) is 0 Å². The summed E-state index contributed by atoms with van der Waals surface area (Å²) in [6.45, 7) is 1.76. The Balaban J connectivity index is 2.00. The second kappa shape index (κ2) is 6.57. The van der Waals surface area contributed by atoms with Gasteiger partial charge in [-0.3, -0.25) is 4.72 Å². The van der Waals surface area contributed by atoms with E-state index in [0.29, 0.717) is 17.1 Å². The third-order valence-corrected chi connectivity index (χ3v) is 3.51. The highest BCUT2D eigenvalue weighted by molar-refractivity contribution is 7.92. The first-order valence-corrected chi connectivity index (χ1v) is 8.57. The van der Waals surface area contributed by atoms with Gasteiger partial charge in [-0.15, -0.1) is 0 Å². The van der Waals surface area contributed by atoms with Crippen LogP contribution in [0.4, 0.5) is 21.9 Å². The first-order chi connectivity index (χ1) is 10.7. The number of carbonyl (C=O) groups excluding carboxylic acids is 1. The summed E-state index contributed by atoms with van der Waals surface area (Å²) in [4.78, 5) is 11.9. The normalized spacial score (nSPS) is 10.9. The molecule has 0 atom stereocenters. The highest BCUT2D eigenvalue weighted by atomic mass is 32.2. The molecule has 0 fully saturated rings. The lowest BCUT2D eigenvalue weighted by Gasteiger charge is -2.11. The molecule has 0 spiro atoms. The third kappa shape index (κ3) is 5.19. The number of phenols is 1. The molecule has 0 heterocycles. The zero-order valence-electron chi connectivity index (χ0n) is 12.6. The molecule has 2 amide bonds. The van der Waals surface area contributed by atoms with Crippen LogP contribution < -0.4 is 15.4 Å². The van der Waals surface area contributed by atoms with Gasteiger partial charge in [0.25, 0.3) is 0 Å². The first-order valence-electron chi connectivity index (χ1n) is 6.68. The van der Waals surface area contributed by atoms with Crippen molar-refractivity contribution in [3.8, 4) is 5.75 Å². The van der Waals surface area contributed by atoms with Gasteiger partial charge in [0.2, 0.25) is 10.0 Å². The number of amides is 2. The minimum absolute atomic E-state index is 0.127. The number of aryl methyl sites for hydroxylation is 1. The predicted molar refractivity (Wildman–Crippen MR) is 90.4 cm³/mol. The quantitative estimate of drug-likeness (QED) is 0.644. The first kappa shape index (κ1) is 16.6. The lowest BCUT2D eigenvalue weighted by atomic mass is 10.2. The van der Waals surface area contributed by atoms with E-state index < -0.39 is 16.1 Å². The number of anilines is 3. The van der Waals surface area contributed by atoms with E-state index in [-0.39, 0.29) is 5.75 Å². The van der Waals surface area contributed by atoms with Crippen molar-refractivity contribution < 1.29 is 18.3 Å². The third-order valence-electron chi connectivity index (χ3n) is 2.90. The van der Waals surface area contributed by atoms with Gasteiger partial charge in [-0.1, -0.05) is 0 Å². The summed E-state index contributed by atoms with van der Waals surface area (Å²) in [5.74, 6) is 0.127. The summed E-state index contributed by atoms with van der Waals surface area (Å²) in [5.41, 5.74) is 2.23. The molecular formula is C15H17N3O4S. The van der Waals surface area contributed by atoms with Gasteiger partial charge in [0.05, 0.1) is 6.26 Å². The van der Waals surface area contributed by atoms with Crippen molar-refractivity contribution in [1.82, 2.24) is 0 Å². The highest BCUT2D eigenvalue weighted by Crippen LogP contribution is 2.20. The monoisotopic (exact) mass is 335 g/mol. The molecule has 0 aliphatic rings. The molecule has 0 bridgehead atoms. The van der Waals surface area contributed by atoms with Crippen LogP contribution in [0, 0.1) is 6.92 Å². The fourth-order valence-corrected chi connectivity index (χ4v) is 2.47. The molecule has 2 rings (SSSR count). The molecule has 23 heavy (non-hydrogen) atoms. The SMILES string of the molecule is Cc1cc(O)ccc1NC(=O)Nc1ccc(NS(C)(=O)=O)cc1. The number of hydrogen-bond donors (Lipinski definition) is 4. The lowest BCUT2D eigenvalue weighted by molar-refractivity contribution is 0.262. The molecule has 0 unspecified atom stereocenters. The van der Waals surface area contributed by atoms with Gasteiger partial charge >= 0.3 is 6.03 Å². The van der Waals surface area contributed by atoms with E-state index in [1.165, 1.54) is 6.07 Å². The Labute approximate surface area is 134 Å². The van der Waals surface area contributed by atoms with Crippen LogP contribution >= 0.6 is 0 Å². The van der Waals surface area contributed by atoms with Gasteiger partial charge in [-0.05, 0) is 55.0 Å². The van der Waals surface area contributed by atoms with Crippen molar-refractivity contribution in [2.24, 2.45) is 0 Å². The number of benzene rings is 2. The number of urea groups is 1. The van der Waals surface area contributed by atoms with E-state index in [0.717, 1.165) is 11.8 Å². The summed E-state index contributed by atoms with van der Waals surface area (Å²) in [5, 5.41) is 14.6. The number of sulfonamides is 1. The molecule has 0 aliphatic heterocycles. The van der Waals surface area contributed by atoms with Crippen LogP contribution in [0.2, 0.25) is 0 Å². The molecule has 122 valence electrons. The van der Waals surface area contributed by atoms with Crippen molar-refractivity contribution in [1.29, 1.82) is 0 Å². The number of carbonyl (C=O) groups is 1. The van der Waals surface area contributed by atoms with Crippen LogP contribution in [0.5, 0.6) is 5.75 Å².